The molecule has 5 heteroatoms. The fourth-order valence-corrected chi connectivity index (χ4v) is 2.01. The van der Waals surface area contributed by atoms with Crippen LogP contribution < -0.4 is 5.73 Å². The first-order valence-corrected chi connectivity index (χ1v) is 5.71. The molecule has 0 fully saturated rings. The summed E-state index contributed by atoms with van der Waals surface area (Å²) in [5.41, 5.74) is 6.37. The molecule has 1 atom stereocenters. The topological polar surface area (TPSA) is 63.3 Å². The Balaban J connectivity index is 3.30. The number of hydrogen-bond acceptors (Lipinski definition) is 2. The average Bonchev–Trinajstić information content (AvgIpc) is 2.24. The zero-order chi connectivity index (χ0) is 12.3. The van der Waals surface area contributed by atoms with Gasteiger partial charge in [-0.3, -0.25) is 4.79 Å². The van der Waals surface area contributed by atoms with Crippen molar-refractivity contribution in [3.63, 3.8) is 0 Å². The van der Waals surface area contributed by atoms with Crippen molar-refractivity contribution in [1.82, 2.24) is 0 Å². The van der Waals surface area contributed by atoms with Crippen LogP contribution in [0, 0.1) is 5.82 Å². The Labute approximate surface area is 102 Å². The van der Waals surface area contributed by atoms with Crippen molar-refractivity contribution in [3.05, 3.63) is 33.5 Å². The molecular formula is C11H13BrFNO2. The Morgan fingerprint density at radius 1 is 1.62 bits per heavy atom. The van der Waals surface area contributed by atoms with Gasteiger partial charge in [0.2, 0.25) is 0 Å². The molecule has 0 saturated heterocycles. The third-order valence-corrected chi connectivity index (χ3v) is 3.01. The van der Waals surface area contributed by atoms with Crippen LogP contribution in [-0.4, -0.2) is 17.6 Å². The average molecular weight is 290 g/mol. The summed E-state index contributed by atoms with van der Waals surface area (Å²) in [5, 5.41) is 8.94. The second-order valence-corrected chi connectivity index (χ2v) is 4.32. The van der Waals surface area contributed by atoms with E-state index >= 15 is 0 Å². The summed E-state index contributed by atoms with van der Waals surface area (Å²) >= 11 is 3.08. The zero-order valence-corrected chi connectivity index (χ0v) is 10.4. The van der Waals surface area contributed by atoms with Gasteiger partial charge in [-0.15, -0.1) is 0 Å². The molecule has 0 spiro atoms. The summed E-state index contributed by atoms with van der Waals surface area (Å²) in [7, 11) is 0. The highest BCUT2D eigenvalue weighted by Crippen LogP contribution is 2.27. The first-order chi connectivity index (χ1) is 7.51. The molecule has 0 saturated carbocycles. The van der Waals surface area contributed by atoms with E-state index in [9.17, 15) is 9.18 Å². The number of nitrogens with two attached hydrogens (primary N) is 1. The number of carbonyl (C=O) groups is 1. The Morgan fingerprint density at radius 3 is 2.69 bits per heavy atom. The molecular weight excluding hydrogens is 277 g/mol. The Hall–Kier alpha value is -0.940. The minimum Gasteiger partial charge on any atom is -0.481 e. The number of benzene rings is 1. The number of carboxylic acids is 1. The monoisotopic (exact) mass is 289 g/mol. The van der Waals surface area contributed by atoms with E-state index in [-0.39, 0.29) is 16.6 Å². The Morgan fingerprint density at radius 2 is 2.25 bits per heavy atom. The highest BCUT2D eigenvalue weighted by molar-refractivity contribution is 9.10. The molecule has 1 unspecified atom stereocenters. The van der Waals surface area contributed by atoms with Gasteiger partial charge in [-0.2, -0.15) is 0 Å². The first-order valence-electron chi connectivity index (χ1n) is 4.91. The van der Waals surface area contributed by atoms with E-state index < -0.39 is 17.7 Å². The molecule has 0 bridgehead atoms. The number of aryl methyl sites for hydroxylation is 1. The van der Waals surface area contributed by atoms with Gasteiger partial charge in [-0.25, -0.2) is 4.39 Å². The number of halogens is 2. The van der Waals surface area contributed by atoms with Gasteiger partial charge in [0, 0.05) is 12.1 Å². The van der Waals surface area contributed by atoms with Gasteiger partial charge in [-0.05, 0) is 34.0 Å². The summed E-state index contributed by atoms with van der Waals surface area (Å²) in [4.78, 5) is 10.9. The summed E-state index contributed by atoms with van der Waals surface area (Å²) in [6, 6.07) is 3.21. The first kappa shape index (κ1) is 13.1. The van der Waals surface area contributed by atoms with Crippen LogP contribution in [0.3, 0.4) is 0 Å². The molecule has 3 N–H and O–H groups in total. The molecule has 1 aromatic carbocycles. The minimum absolute atomic E-state index is 0.119. The van der Waals surface area contributed by atoms with Crippen molar-refractivity contribution < 1.29 is 14.3 Å². The van der Waals surface area contributed by atoms with E-state index in [4.69, 9.17) is 10.8 Å². The summed E-state index contributed by atoms with van der Waals surface area (Å²) in [6.45, 7) is 1.80. The van der Waals surface area contributed by atoms with Gasteiger partial charge in [-0.1, -0.05) is 13.0 Å². The standard InChI is InChI=1S/C11H13BrFNO2/c1-2-6-3-7(8(5-14)11(15)16)10(13)9(12)4-6/h3-4,8H,2,5,14H2,1H3,(H,15,16). The van der Waals surface area contributed by atoms with Crippen LogP contribution >= 0.6 is 15.9 Å². The maximum atomic E-state index is 13.7. The van der Waals surface area contributed by atoms with Gasteiger partial charge in [0.05, 0.1) is 10.4 Å². The number of aliphatic carboxylic acids is 1. The Bertz CT molecular complexity index is 409. The molecule has 0 radical (unpaired) electrons. The fourth-order valence-electron chi connectivity index (χ4n) is 1.49. The van der Waals surface area contributed by atoms with Crippen molar-refractivity contribution in [3.8, 4) is 0 Å². The highest BCUT2D eigenvalue weighted by atomic mass is 79.9. The number of hydrogen-bond donors (Lipinski definition) is 2. The lowest BCUT2D eigenvalue weighted by Crippen LogP contribution is -2.22. The van der Waals surface area contributed by atoms with E-state index in [2.05, 4.69) is 15.9 Å². The molecule has 88 valence electrons. The molecule has 3 nitrogen and oxygen atoms in total. The smallest absolute Gasteiger partial charge is 0.312 e. The largest absolute Gasteiger partial charge is 0.481 e. The summed E-state index contributed by atoms with van der Waals surface area (Å²) < 4.78 is 14.0. The maximum absolute atomic E-state index is 13.7. The van der Waals surface area contributed by atoms with Crippen molar-refractivity contribution in [2.45, 2.75) is 19.3 Å². The molecule has 0 aliphatic carbocycles. The van der Waals surface area contributed by atoms with Crippen LogP contribution in [0.25, 0.3) is 0 Å². The zero-order valence-electron chi connectivity index (χ0n) is 8.84. The van der Waals surface area contributed by atoms with Gasteiger partial charge in [0.1, 0.15) is 5.82 Å². The number of rotatable bonds is 4. The fraction of sp³-hybridized carbons (Fsp3) is 0.364. The van der Waals surface area contributed by atoms with Gasteiger partial charge >= 0.3 is 5.97 Å². The van der Waals surface area contributed by atoms with Crippen molar-refractivity contribution >= 4 is 21.9 Å². The van der Waals surface area contributed by atoms with Crippen molar-refractivity contribution in [1.29, 1.82) is 0 Å². The predicted octanol–water partition coefficient (Wildman–Crippen LogP) is 2.28. The molecule has 0 aliphatic rings. The van der Waals surface area contributed by atoms with Crippen LogP contribution in [-0.2, 0) is 11.2 Å². The SMILES string of the molecule is CCc1cc(Br)c(F)c(C(CN)C(=O)O)c1. The van der Waals surface area contributed by atoms with Crippen molar-refractivity contribution in [2.75, 3.05) is 6.54 Å². The van der Waals surface area contributed by atoms with E-state index in [1.165, 1.54) is 0 Å². The molecule has 1 aromatic rings. The second-order valence-electron chi connectivity index (χ2n) is 3.46. The maximum Gasteiger partial charge on any atom is 0.312 e. The van der Waals surface area contributed by atoms with Crippen LogP contribution in [0.4, 0.5) is 4.39 Å². The summed E-state index contributed by atoms with van der Waals surface area (Å²) in [6.07, 6.45) is 0.711. The minimum atomic E-state index is -1.11. The normalized spacial score (nSPS) is 12.5. The second kappa shape index (κ2) is 5.41. The molecule has 0 amide bonds. The van der Waals surface area contributed by atoms with Gasteiger partial charge in [0.15, 0.2) is 0 Å². The van der Waals surface area contributed by atoms with Gasteiger partial charge in [0.25, 0.3) is 0 Å². The lowest BCUT2D eigenvalue weighted by Gasteiger charge is -2.13. The lowest BCUT2D eigenvalue weighted by molar-refractivity contribution is -0.138. The lowest BCUT2D eigenvalue weighted by atomic mass is 9.96. The third kappa shape index (κ3) is 2.59. The molecule has 16 heavy (non-hydrogen) atoms. The highest BCUT2D eigenvalue weighted by Gasteiger charge is 2.23. The van der Waals surface area contributed by atoms with Crippen LogP contribution in [0.2, 0.25) is 0 Å². The van der Waals surface area contributed by atoms with Crippen molar-refractivity contribution in [2.24, 2.45) is 5.73 Å². The molecule has 0 aromatic heterocycles. The molecule has 0 heterocycles. The third-order valence-electron chi connectivity index (χ3n) is 2.43. The predicted molar refractivity (Wildman–Crippen MR) is 62.9 cm³/mol. The number of carboxylic acid groups (broad SMARTS) is 1. The van der Waals surface area contributed by atoms with Crippen LogP contribution in [0.5, 0.6) is 0 Å². The van der Waals surface area contributed by atoms with E-state index in [1.807, 2.05) is 6.92 Å². The summed E-state index contributed by atoms with van der Waals surface area (Å²) in [5.74, 6) is -2.65. The Kier molecular flexibility index (Phi) is 4.44. The van der Waals surface area contributed by atoms with Crippen LogP contribution in [0.1, 0.15) is 24.0 Å². The molecule has 0 aliphatic heterocycles. The van der Waals surface area contributed by atoms with Gasteiger partial charge < -0.3 is 10.8 Å². The quantitative estimate of drug-likeness (QED) is 0.894. The van der Waals surface area contributed by atoms with E-state index in [1.54, 1.807) is 12.1 Å². The molecule has 1 rings (SSSR count). The van der Waals surface area contributed by atoms with E-state index in [0.717, 1.165) is 5.56 Å². The van der Waals surface area contributed by atoms with E-state index in [0.29, 0.717) is 6.42 Å². The van der Waals surface area contributed by atoms with Crippen LogP contribution in [0.15, 0.2) is 16.6 Å².